The van der Waals surface area contributed by atoms with Crippen molar-refractivity contribution >= 4 is 28.5 Å². The number of hydrogen-bond acceptors (Lipinski definition) is 2. The molecule has 0 atom stereocenters. The molecule has 0 fully saturated rings. The Morgan fingerprint density at radius 1 is 1.17 bits per heavy atom. The molecule has 2 nitrogen and oxygen atoms in total. The molecule has 0 aliphatic rings. The highest BCUT2D eigenvalue weighted by atomic mass is 79.9. The number of hydrogen-bond donors (Lipinski definition) is 2. The van der Waals surface area contributed by atoms with Crippen molar-refractivity contribution in [1.82, 2.24) is 0 Å². The molecular formula is C6H4BBrF2O2. The van der Waals surface area contributed by atoms with E-state index in [9.17, 15) is 8.78 Å². The van der Waals surface area contributed by atoms with Gasteiger partial charge in [0, 0.05) is 4.47 Å². The predicted molar refractivity (Wildman–Crippen MR) is 43.9 cm³/mol. The van der Waals surface area contributed by atoms with Crippen LogP contribution in [0.5, 0.6) is 0 Å². The van der Waals surface area contributed by atoms with Gasteiger partial charge in [0.1, 0.15) is 0 Å². The monoisotopic (exact) mass is 236 g/mol. The van der Waals surface area contributed by atoms with Gasteiger partial charge in [-0.3, -0.25) is 0 Å². The van der Waals surface area contributed by atoms with Crippen LogP contribution in [0.4, 0.5) is 8.78 Å². The van der Waals surface area contributed by atoms with E-state index >= 15 is 0 Å². The molecule has 0 unspecified atom stereocenters. The lowest BCUT2D eigenvalue weighted by Gasteiger charge is -2.02. The van der Waals surface area contributed by atoms with Crippen molar-refractivity contribution in [3.8, 4) is 0 Å². The Morgan fingerprint density at radius 2 is 1.67 bits per heavy atom. The molecule has 0 aliphatic heterocycles. The summed E-state index contributed by atoms with van der Waals surface area (Å²) >= 11 is 2.86. The zero-order valence-corrected chi connectivity index (χ0v) is 7.35. The van der Waals surface area contributed by atoms with Gasteiger partial charge in [-0.2, -0.15) is 0 Å². The molecule has 0 saturated heterocycles. The lowest BCUT2D eigenvalue weighted by Crippen LogP contribution is -2.31. The molecule has 0 heterocycles. The fourth-order valence-corrected chi connectivity index (χ4v) is 1.26. The van der Waals surface area contributed by atoms with Gasteiger partial charge in [0.25, 0.3) is 0 Å². The van der Waals surface area contributed by atoms with E-state index in [2.05, 4.69) is 15.9 Å². The average Bonchev–Trinajstić information content (AvgIpc) is 1.96. The summed E-state index contributed by atoms with van der Waals surface area (Å²) in [5.41, 5.74) is -0.103. The van der Waals surface area contributed by atoms with Gasteiger partial charge < -0.3 is 10.0 Å². The minimum Gasteiger partial charge on any atom is -0.423 e. The zero-order valence-electron chi connectivity index (χ0n) is 5.76. The van der Waals surface area contributed by atoms with Gasteiger partial charge in [0.2, 0.25) is 0 Å². The Labute approximate surface area is 76.1 Å². The maximum Gasteiger partial charge on any atom is 0.489 e. The van der Waals surface area contributed by atoms with Crippen LogP contribution in [0.2, 0.25) is 0 Å². The summed E-state index contributed by atoms with van der Waals surface area (Å²) in [6.45, 7) is 0. The van der Waals surface area contributed by atoms with Crippen LogP contribution >= 0.6 is 15.9 Å². The molecule has 6 heteroatoms. The molecule has 1 aromatic carbocycles. The quantitative estimate of drug-likeness (QED) is 0.548. The van der Waals surface area contributed by atoms with E-state index in [0.717, 1.165) is 12.1 Å². The smallest absolute Gasteiger partial charge is 0.423 e. The maximum atomic E-state index is 12.5. The highest BCUT2D eigenvalue weighted by molar-refractivity contribution is 9.10. The standard InChI is InChI=1S/C6H4BBrF2O2/c8-4-2-6(10)5(9)1-3(4)7(11)12/h1-2,11-12H. The SMILES string of the molecule is OB(O)c1cc(F)c(F)cc1Br. The first-order valence-electron chi connectivity index (χ1n) is 3.03. The fourth-order valence-electron chi connectivity index (χ4n) is 0.736. The largest absolute Gasteiger partial charge is 0.489 e. The first-order valence-corrected chi connectivity index (χ1v) is 3.82. The van der Waals surface area contributed by atoms with Crippen LogP contribution in [0, 0.1) is 11.6 Å². The van der Waals surface area contributed by atoms with Gasteiger partial charge in [-0.15, -0.1) is 0 Å². The van der Waals surface area contributed by atoms with E-state index in [1.54, 1.807) is 0 Å². The Hall–Kier alpha value is -0.455. The fraction of sp³-hybridized carbons (Fsp3) is 0. The molecule has 0 radical (unpaired) electrons. The normalized spacial score (nSPS) is 10.1. The van der Waals surface area contributed by atoms with Crippen molar-refractivity contribution in [3.05, 3.63) is 28.2 Å². The van der Waals surface area contributed by atoms with Crippen molar-refractivity contribution in [2.75, 3.05) is 0 Å². The van der Waals surface area contributed by atoms with Crippen LogP contribution in [-0.2, 0) is 0 Å². The molecule has 2 N–H and O–H groups in total. The summed E-state index contributed by atoms with van der Waals surface area (Å²) in [5.74, 6) is -2.15. The summed E-state index contributed by atoms with van der Waals surface area (Å²) in [7, 11) is -1.81. The Morgan fingerprint density at radius 3 is 2.17 bits per heavy atom. The lowest BCUT2D eigenvalue weighted by molar-refractivity contribution is 0.424. The third kappa shape index (κ3) is 1.82. The van der Waals surface area contributed by atoms with Gasteiger partial charge in [0.05, 0.1) is 0 Å². The summed E-state index contributed by atoms with van der Waals surface area (Å²) in [6, 6.07) is 1.56. The highest BCUT2D eigenvalue weighted by Crippen LogP contribution is 2.12. The summed E-state index contributed by atoms with van der Waals surface area (Å²) in [5, 5.41) is 17.3. The van der Waals surface area contributed by atoms with Gasteiger partial charge in [-0.1, -0.05) is 15.9 Å². The Bertz CT molecular complexity index is 306. The van der Waals surface area contributed by atoms with Crippen molar-refractivity contribution in [1.29, 1.82) is 0 Å². The van der Waals surface area contributed by atoms with Gasteiger partial charge in [0.15, 0.2) is 11.6 Å². The van der Waals surface area contributed by atoms with E-state index in [4.69, 9.17) is 10.0 Å². The predicted octanol–water partition coefficient (Wildman–Crippen LogP) is 0.407. The zero-order chi connectivity index (χ0) is 9.30. The van der Waals surface area contributed by atoms with Crippen molar-refractivity contribution in [2.24, 2.45) is 0 Å². The van der Waals surface area contributed by atoms with E-state index in [0.29, 0.717) is 0 Å². The van der Waals surface area contributed by atoms with Crippen LogP contribution in [0.3, 0.4) is 0 Å². The Kier molecular flexibility index (Phi) is 2.82. The second-order valence-corrected chi connectivity index (χ2v) is 3.02. The van der Waals surface area contributed by atoms with Crippen molar-refractivity contribution in [3.63, 3.8) is 0 Å². The minimum atomic E-state index is -1.81. The first-order chi connectivity index (χ1) is 5.52. The molecule has 0 amide bonds. The van der Waals surface area contributed by atoms with Crippen LogP contribution in [0.25, 0.3) is 0 Å². The molecule has 0 aliphatic carbocycles. The molecule has 64 valence electrons. The van der Waals surface area contributed by atoms with Crippen molar-refractivity contribution < 1.29 is 18.8 Å². The van der Waals surface area contributed by atoms with E-state index in [1.165, 1.54) is 0 Å². The molecular weight excluding hydrogens is 233 g/mol. The molecule has 0 aromatic heterocycles. The van der Waals surface area contributed by atoms with Gasteiger partial charge in [-0.25, -0.2) is 8.78 Å². The van der Waals surface area contributed by atoms with Gasteiger partial charge >= 0.3 is 7.12 Å². The summed E-state index contributed by atoms with van der Waals surface area (Å²) < 4.78 is 25.1. The number of rotatable bonds is 1. The van der Waals surface area contributed by atoms with E-state index in [1.807, 2.05) is 0 Å². The average molecular weight is 237 g/mol. The maximum absolute atomic E-state index is 12.5. The molecule has 1 rings (SSSR count). The van der Waals surface area contributed by atoms with Gasteiger partial charge in [-0.05, 0) is 17.6 Å². The Balaban J connectivity index is 3.23. The number of halogens is 3. The molecule has 0 spiro atoms. The lowest BCUT2D eigenvalue weighted by atomic mass is 9.80. The molecule has 0 saturated carbocycles. The molecule has 1 aromatic rings. The molecule has 0 bridgehead atoms. The highest BCUT2D eigenvalue weighted by Gasteiger charge is 2.17. The van der Waals surface area contributed by atoms with E-state index in [-0.39, 0.29) is 9.94 Å². The first kappa shape index (κ1) is 9.63. The summed E-state index contributed by atoms with van der Waals surface area (Å²) in [6.07, 6.45) is 0. The van der Waals surface area contributed by atoms with Crippen molar-refractivity contribution in [2.45, 2.75) is 0 Å². The molecule has 12 heavy (non-hydrogen) atoms. The van der Waals surface area contributed by atoms with Crippen LogP contribution in [0.15, 0.2) is 16.6 Å². The summed E-state index contributed by atoms with van der Waals surface area (Å²) in [4.78, 5) is 0. The van der Waals surface area contributed by atoms with Crippen LogP contribution < -0.4 is 5.46 Å². The number of benzene rings is 1. The second kappa shape index (κ2) is 3.51. The topological polar surface area (TPSA) is 40.5 Å². The third-order valence-electron chi connectivity index (χ3n) is 1.32. The van der Waals surface area contributed by atoms with Crippen LogP contribution in [0.1, 0.15) is 0 Å². The van der Waals surface area contributed by atoms with E-state index < -0.39 is 18.8 Å². The second-order valence-electron chi connectivity index (χ2n) is 2.16. The minimum absolute atomic E-state index is 0.103. The third-order valence-corrected chi connectivity index (χ3v) is 2.00. The van der Waals surface area contributed by atoms with Crippen LogP contribution in [-0.4, -0.2) is 17.2 Å².